The molecule has 1 aliphatic rings. The Morgan fingerprint density at radius 1 is 0.250 bits per heavy atom. The molecule has 0 unspecified atom stereocenters. The highest BCUT2D eigenvalue weighted by molar-refractivity contribution is 6.11. The summed E-state index contributed by atoms with van der Waals surface area (Å²) < 4.78 is 13.1. The van der Waals surface area contributed by atoms with Crippen LogP contribution in [0.4, 0.5) is 17.1 Å². The van der Waals surface area contributed by atoms with Crippen molar-refractivity contribution in [2.45, 2.75) is 5.41 Å². The first-order chi connectivity index (χ1) is 37.7. The summed E-state index contributed by atoms with van der Waals surface area (Å²) in [6, 6.07) is 103. The van der Waals surface area contributed by atoms with Crippen LogP contribution in [0.25, 0.3) is 99.5 Å². The quantitative estimate of drug-likeness (QED) is 0.144. The highest BCUT2D eigenvalue weighted by atomic mass is 16.3. The van der Waals surface area contributed by atoms with Crippen molar-refractivity contribution in [3.05, 3.63) is 307 Å². The van der Waals surface area contributed by atoms with Gasteiger partial charge in [-0.1, -0.05) is 237 Å². The Balaban J connectivity index is 0.898. The first kappa shape index (κ1) is 43.6. The molecule has 0 saturated carbocycles. The van der Waals surface area contributed by atoms with Crippen molar-refractivity contribution >= 4 is 60.9 Å². The van der Waals surface area contributed by atoms with Crippen LogP contribution in [0, 0.1) is 0 Å². The number of benzene rings is 12. The van der Waals surface area contributed by atoms with Gasteiger partial charge < -0.3 is 13.7 Å². The lowest BCUT2D eigenvalue weighted by molar-refractivity contribution is 0.669. The summed E-state index contributed by atoms with van der Waals surface area (Å²) in [4.78, 5) is 2.39. The molecule has 0 radical (unpaired) electrons. The lowest BCUT2D eigenvalue weighted by atomic mass is 9.67. The number of hydrogen-bond donors (Lipinski definition) is 0. The summed E-state index contributed by atoms with van der Waals surface area (Å²) >= 11 is 0. The van der Waals surface area contributed by atoms with Crippen LogP contribution in [-0.2, 0) is 5.41 Å². The normalized spacial score (nSPS) is 12.6. The maximum atomic E-state index is 6.53. The van der Waals surface area contributed by atoms with Gasteiger partial charge in [0.2, 0.25) is 0 Å². The molecule has 0 bridgehead atoms. The van der Waals surface area contributed by atoms with Crippen molar-refractivity contribution < 1.29 is 8.83 Å². The van der Waals surface area contributed by atoms with Crippen LogP contribution in [0.2, 0.25) is 0 Å². The van der Waals surface area contributed by atoms with E-state index in [9.17, 15) is 0 Å². The molecule has 2 heterocycles. The van der Waals surface area contributed by atoms with Gasteiger partial charge in [0.15, 0.2) is 0 Å². The van der Waals surface area contributed by atoms with Crippen LogP contribution in [0.3, 0.4) is 0 Å². The Morgan fingerprint density at radius 2 is 0.632 bits per heavy atom. The zero-order valence-corrected chi connectivity index (χ0v) is 41.4. The zero-order valence-electron chi connectivity index (χ0n) is 41.4. The van der Waals surface area contributed by atoms with E-state index >= 15 is 0 Å². The van der Waals surface area contributed by atoms with E-state index in [1.54, 1.807) is 0 Å². The van der Waals surface area contributed by atoms with Gasteiger partial charge >= 0.3 is 0 Å². The van der Waals surface area contributed by atoms with E-state index < -0.39 is 5.41 Å². The van der Waals surface area contributed by atoms with E-state index in [4.69, 9.17) is 8.83 Å². The Labute approximate surface area is 440 Å². The van der Waals surface area contributed by atoms with Gasteiger partial charge in [0.05, 0.1) is 5.41 Å². The van der Waals surface area contributed by atoms with Crippen LogP contribution in [-0.4, -0.2) is 0 Å². The molecule has 0 atom stereocenters. The van der Waals surface area contributed by atoms with E-state index in [1.807, 2.05) is 24.3 Å². The first-order valence-electron chi connectivity index (χ1n) is 26.1. The fourth-order valence-electron chi connectivity index (χ4n) is 12.3. The summed E-state index contributed by atoms with van der Waals surface area (Å²) in [5, 5.41) is 4.48. The van der Waals surface area contributed by atoms with Gasteiger partial charge in [-0.15, -0.1) is 0 Å². The van der Waals surface area contributed by atoms with Gasteiger partial charge in [0.25, 0.3) is 0 Å². The molecule has 1 aliphatic carbocycles. The Kier molecular flexibility index (Phi) is 10.1. The number of rotatable bonds is 9. The average molecular weight is 970 g/mol. The van der Waals surface area contributed by atoms with Gasteiger partial charge in [0.1, 0.15) is 22.3 Å². The standard InChI is InChI=1S/C73H47NO2/c1-3-15-48(16-4-1)50-29-37-54(38-30-50)73(55-39-31-51(32-40-55)49-17-5-2-6-18-49)67-26-10-7-19-61(67)66-47-58(45-46-68(66)73)74(56-41-33-52(34-42-56)59-22-13-24-64-62-20-8-11-27-69(62)75-71(59)64)57-43-35-53(36-44-57)60-23-14-25-65-63-21-9-12-28-70(63)76-72(60)65/h1-47H. The van der Waals surface area contributed by atoms with Gasteiger partial charge in [-0.3, -0.25) is 0 Å². The second kappa shape index (κ2) is 17.6. The molecule has 3 heteroatoms. The molecule has 14 aromatic rings. The maximum Gasteiger partial charge on any atom is 0.143 e. The molecule has 0 saturated heterocycles. The second-order valence-corrected chi connectivity index (χ2v) is 19.9. The molecule has 76 heavy (non-hydrogen) atoms. The van der Waals surface area contributed by atoms with E-state index in [-0.39, 0.29) is 0 Å². The smallest absolute Gasteiger partial charge is 0.143 e. The second-order valence-electron chi connectivity index (χ2n) is 19.9. The first-order valence-corrected chi connectivity index (χ1v) is 26.1. The summed E-state index contributed by atoms with van der Waals surface area (Å²) in [5.74, 6) is 0. The molecule has 0 N–H and O–H groups in total. The summed E-state index contributed by atoms with van der Waals surface area (Å²) in [6.07, 6.45) is 0. The fraction of sp³-hybridized carbons (Fsp3) is 0.0137. The predicted molar refractivity (Wildman–Crippen MR) is 315 cm³/mol. The zero-order chi connectivity index (χ0) is 50.2. The largest absolute Gasteiger partial charge is 0.455 e. The van der Waals surface area contributed by atoms with Crippen LogP contribution in [0.5, 0.6) is 0 Å². The van der Waals surface area contributed by atoms with Crippen molar-refractivity contribution in [2.24, 2.45) is 0 Å². The number of fused-ring (bicyclic) bond motifs is 9. The molecule has 12 aromatic carbocycles. The number of hydrogen-bond acceptors (Lipinski definition) is 3. The Morgan fingerprint density at radius 3 is 1.14 bits per heavy atom. The lowest BCUT2D eigenvalue weighted by Crippen LogP contribution is -2.28. The van der Waals surface area contributed by atoms with Gasteiger partial charge in [-0.25, -0.2) is 0 Å². The number of anilines is 3. The third kappa shape index (κ3) is 6.90. The summed E-state index contributed by atoms with van der Waals surface area (Å²) in [5.41, 5.74) is 22.6. The number of furan rings is 2. The molecule has 0 fully saturated rings. The Bertz CT molecular complexity index is 4230. The van der Waals surface area contributed by atoms with Gasteiger partial charge in [-0.05, 0) is 115 Å². The molecule has 356 valence electrons. The summed E-state index contributed by atoms with van der Waals surface area (Å²) in [7, 11) is 0. The van der Waals surface area contributed by atoms with E-state index in [2.05, 4.69) is 266 Å². The van der Waals surface area contributed by atoms with E-state index in [1.165, 1.54) is 55.6 Å². The fourth-order valence-corrected chi connectivity index (χ4v) is 12.3. The minimum absolute atomic E-state index is 0.599. The molecule has 2 aromatic heterocycles. The SMILES string of the molecule is c1ccc(-c2ccc(C3(c4ccc(-c5ccccc5)cc4)c4ccccc4-c4cc(N(c5ccc(-c6cccc7c6oc6ccccc67)cc5)c5ccc(-c6cccc7c6oc6ccccc67)cc5)ccc43)cc2)cc1. The molecule has 3 nitrogen and oxygen atoms in total. The van der Waals surface area contributed by atoms with Crippen molar-refractivity contribution in [3.63, 3.8) is 0 Å². The molecule has 0 aliphatic heterocycles. The minimum Gasteiger partial charge on any atom is -0.455 e. The topological polar surface area (TPSA) is 29.5 Å². The van der Waals surface area contributed by atoms with Crippen molar-refractivity contribution in [2.75, 3.05) is 4.90 Å². The van der Waals surface area contributed by atoms with Gasteiger partial charge in [-0.2, -0.15) is 0 Å². The third-order valence-electron chi connectivity index (χ3n) is 15.8. The monoisotopic (exact) mass is 969 g/mol. The number of nitrogens with zero attached hydrogens (tertiary/aromatic N) is 1. The van der Waals surface area contributed by atoms with E-state index in [0.29, 0.717) is 0 Å². The average Bonchev–Trinajstić information content (AvgIpc) is 4.30. The van der Waals surface area contributed by atoms with Crippen molar-refractivity contribution in [3.8, 4) is 55.6 Å². The molecule has 0 amide bonds. The summed E-state index contributed by atoms with van der Waals surface area (Å²) in [6.45, 7) is 0. The van der Waals surface area contributed by atoms with Crippen molar-refractivity contribution in [1.82, 2.24) is 0 Å². The lowest BCUT2D eigenvalue weighted by Gasteiger charge is -2.34. The molecular formula is C73H47NO2. The van der Waals surface area contributed by atoms with Gasteiger partial charge in [0, 0.05) is 49.7 Å². The Hall–Kier alpha value is -9.96. The van der Waals surface area contributed by atoms with Crippen LogP contribution in [0.15, 0.2) is 294 Å². The highest BCUT2D eigenvalue weighted by Crippen LogP contribution is 2.58. The molecule has 15 rings (SSSR count). The third-order valence-corrected chi connectivity index (χ3v) is 15.8. The molecule has 0 spiro atoms. The highest BCUT2D eigenvalue weighted by Gasteiger charge is 2.46. The van der Waals surface area contributed by atoms with Crippen LogP contribution in [0.1, 0.15) is 22.3 Å². The van der Waals surface area contributed by atoms with Crippen molar-refractivity contribution in [1.29, 1.82) is 0 Å². The predicted octanol–water partition coefficient (Wildman–Crippen LogP) is 20.0. The van der Waals surface area contributed by atoms with E-state index in [0.717, 1.165) is 83.2 Å². The maximum absolute atomic E-state index is 6.53. The number of para-hydroxylation sites is 4. The molecular weight excluding hydrogens is 923 g/mol. The van der Waals surface area contributed by atoms with Crippen LogP contribution < -0.4 is 4.90 Å². The minimum atomic E-state index is -0.599. The van der Waals surface area contributed by atoms with Crippen LogP contribution >= 0.6 is 0 Å².